The normalized spacial score (nSPS) is 11.2. The number of nitrogens with one attached hydrogen (secondary N) is 1. The second-order valence-electron chi connectivity index (χ2n) is 5.43. The minimum absolute atomic E-state index is 0.0384. The van der Waals surface area contributed by atoms with Gasteiger partial charge in [-0.25, -0.2) is 4.79 Å². The monoisotopic (exact) mass is 248 g/mol. The quantitative estimate of drug-likeness (QED) is 0.865. The molecule has 0 aromatic heterocycles. The van der Waals surface area contributed by atoms with E-state index in [1.807, 2.05) is 26.0 Å². The van der Waals surface area contributed by atoms with Gasteiger partial charge in [-0.2, -0.15) is 0 Å². The average molecular weight is 248 g/mol. The molecule has 0 unspecified atom stereocenters. The van der Waals surface area contributed by atoms with E-state index >= 15 is 0 Å². The van der Waals surface area contributed by atoms with Crippen molar-refractivity contribution in [1.29, 1.82) is 0 Å². The fourth-order valence-electron chi connectivity index (χ4n) is 1.77. The van der Waals surface area contributed by atoms with Gasteiger partial charge in [0.15, 0.2) is 0 Å². The lowest BCUT2D eigenvalue weighted by Gasteiger charge is -2.21. The molecule has 0 fully saturated rings. The number of hydrogen-bond donors (Lipinski definition) is 1. The van der Waals surface area contributed by atoms with Crippen molar-refractivity contribution in [1.82, 2.24) is 4.90 Å². The SMILES string of the molecule is CCN(CC)C(=O)Nc1ccc(C(C)(C)C)cc1. The molecule has 1 aromatic rings. The minimum atomic E-state index is -0.0384. The van der Waals surface area contributed by atoms with E-state index < -0.39 is 0 Å². The van der Waals surface area contributed by atoms with Gasteiger partial charge in [-0.1, -0.05) is 32.9 Å². The van der Waals surface area contributed by atoms with Gasteiger partial charge in [-0.15, -0.1) is 0 Å². The van der Waals surface area contributed by atoms with E-state index in [1.54, 1.807) is 4.90 Å². The van der Waals surface area contributed by atoms with E-state index in [-0.39, 0.29) is 11.4 Å². The standard InChI is InChI=1S/C15H24N2O/c1-6-17(7-2)14(18)16-13-10-8-12(9-11-13)15(3,4)5/h8-11H,6-7H2,1-5H3,(H,16,18). The molecule has 2 amide bonds. The molecule has 0 bridgehead atoms. The van der Waals surface area contributed by atoms with Crippen LogP contribution in [0.15, 0.2) is 24.3 Å². The third-order valence-corrected chi connectivity index (χ3v) is 3.05. The summed E-state index contributed by atoms with van der Waals surface area (Å²) in [6.07, 6.45) is 0. The molecule has 1 aromatic carbocycles. The van der Waals surface area contributed by atoms with Crippen LogP contribution in [0.1, 0.15) is 40.2 Å². The fourth-order valence-corrected chi connectivity index (χ4v) is 1.77. The molecule has 1 rings (SSSR count). The first kappa shape index (κ1) is 14.6. The van der Waals surface area contributed by atoms with E-state index in [0.29, 0.717) is 0 Å². The highest BCUT2D eigenvalue weighted by atomic mass is 16.2. The molecule has 3 heteroatoms. The predicted molar refractivity (Wildman–Crippen MR) is 77.1 cm³/mol. The molecule has 0 spiro atoms. The van der Waals surface area contributed by atoms with Crippen molar-refractivity contribution in [2.24, 2.45) is 0 Å². The lowest BCUT2D eigenvalue weighted by Crippen LogP contribution is -2.34. The van der Waals surface area contributed by atoms with Crippen LogP contribution >= 0.6 is 0 Å². The van der Waals surface area contributed by atoms with Gasteiger partial charge in [-0.05, 0) is 37.0 Å². The summed E-state index contributed by atoms with van der Waals surface area (Å²) in [5, 5.41) is 2.91. The topological polar surface area (TPSA) is 32.3 Å². The largest absolute Gasteiger partial charge is 0.325 e. The summed E-state index contributed by atoms with van der Waals surface area (Å²) < 4.78 is 0. The van der Waals surface area contributed by atoms with Gasteiger partial charge < -0.3 is 10.2 Å². The predicted octanol–water partition coefficient (Wildman–Crippen LogP) is 3.86. The number of rotatable bonds is 3. The van der Waals surface area contributed by atoms with E-state index in [2.05, 4.69) is 38.2 Å². The van der Waals surface area contributed by atoms with Gasteiger partial charge in [0, 0.05) is 18.8 Å². The molecule has 0 radical (unpaired) electrons. The maximum Gasteiger partial charge on any atom is 0.321 e. The summed E-state index contributed by atoms with van der Waals surface area (Å²) >= 11 is 0. The maximum absolute atomic E-state index is 11.9. The zero-order valence-corrected chi connectivity index (χ0v) is 12.1. The third kappa shape index (κ3) is 3.76. The Morgan fingerprint density at radius 2 is 1.61 bits per heavy atom. The fraction of sp³-hybridized carbons (Fsp3) is 0.533. The minimum Gasteiger partial charge on any atom is -0.325 e. The first-order chi connectivity index (χ1) is 8.38. The summed E-state index contributed by atoms with van der Waals surface area (Å²) in [6.45, 7) is 11.9. The molecule has 18 heavy (non-hydrogen) atoms. The van der Waals surface area contributed by atoms with Crippen LogP contribution in [0.5, 0.6) is 0 Å². The molecule has 0 aliphatic rings. The number of carbonyl (C=O) groups is 1. The Morgan fingerprint density at radius 3 is 2.00 bits per heavy atom. The molecule has 0 atom stereocenters. The highest BCUT2D eigenvalue weighted by Gasteiger charge is 2.14. The summed E-state index contributed by atoms with van der Waals surface area (Å²) in [5.41, 5.74) is 2.25. The molecule has 100 valence electrons. The van der Waals surface area contributed by atoms with Gasteiger partial charge >= 0.3 is 6.03 Å². The van der Waals surface area contributed by atoms with Crippen LogP contribution in [0.25, 0.3) is 0 Å². The lowest BCUT2D eigenvalue weighted by molar-refractivity contribution is 0.217. The summed E-state index contributed by atoms with van der Waals surface area (Å²) in [5.74, 6) is 0. The van der Waals surface area contributed by atoms with Crippen molar-refractivity contribution in [3.8, 4) is 0 Å². The molecular formula is C15H24N2O. The molecule has 0 aliphatic carbocycles. The van der Waals surface area contributed by atoms with Gasteiger partial charge in [0.1, 0.15) is 0 Å². The Labute approximate surface area is 110 Å². The van der Waals surface area contributed by atoms with Gasteiger partial charge in [0.25, 0.3) is 0 Å². The smallest absolute Gasteiger partial charge is 0.321 e. The number of hydrogen-bond acceptors (Lipinski definition) is 1. The highest BCUT2D eigenvalue weighted by Crippen LogP contribution is 2.23. The van der Waals surface area contributed by atoms with Gasteiger partial charge in [0.2, 0.25) is 0 Å². The zero-order chi connectivity index (χ0) is 13.8. The van der Waals surface area contributed by atoms with E-state index in [1.165, 1.54) is 5.56 Å². The Kier molecular flexibility index (Phi) is 4.76. The summed E-state index contributed by atoms with van der Waals surface area (Å²) in [6, 6.07) is 8.02. The zero-order valence-electron chi connectivity index (χ0n) is 12.1. The Bertz CT molecular complexity index is 386. The van der Waals surface area contributed by atoms with Crippen molar-refractivity contribution in [2.75, 3.05) is 18.4 Å². The Hall–Kier alpha value is -1.51. The summed E-state index contributed by atoms with van der Waals surface area (Å²) in [7, 11) is 0. The van der Waals surface area contributed by atoms with E-state index in [9.17, 15) is 4.79 Å². The van der Waals surface area contributed by atoms with Crippen molar-refractivity contribution in [2.45, 2.75) is 40.0 Å². The van der Waals surface area contributed by atoms with Crippen LogP contribution in [0.3, 0.4) is 0 Å². The molecule has 1 N–H and O–H groups in total. The molecule has 0 heterocycles. The van der Waals surface area contributed by atoms with Crippen LogP contribution in [0.2, 0.25) is 0 Å². The van der Waals surface area contributed by atoms with Crippen molar-refractivity contribution >= 4 is 11.7 Å². The molecule has 0 saturated heterocycles. The molecule has 0 aliphatic heterocycles. The molecule has 3 nitrogen and oxygen atoms in total. The first-order valence-electron chi connectivity index (χ1n) is 6.55. The van der Waals surface area contributed by atoms with Crippen LogP contribution in [-0.2, 0) is 5.41 Å². The van der Waals surface area contributed by atoms with Crippen molar-refractivity contribution < 1.29 is 4.79 Å². The van der Waals surface area contributed by atoms with Crippen LogP contribution < -0.4 is 5.32 Å². The second-order valence-corrected chi connectivity index (χ2v) is 5.43. The Balaban J connectivity index is 2.72. The third-order valence-electron chi connectivity index (χ3n) is 3.05. The summed E-state index contributed by atoms with van der Waals surface area (Å²) in [4.78, 5) is 13.6. The van der Waals surface area contributed by atoms with Gasteiger partial charge in [-0.3, -0.25) is 0 Å². The second kappa shape index (κ2) is 5.89. The number of amides is 2. The molecular weight excluding hydrogens is 224 g/mol. The Morgan fingerprint density at radius 1 is 1.11 bits per heavy atom. The number of nitrogens with zero attached hydrogens (tertiary/aromatic N) is 1. The van der Waals surface area contributed by atoms with Crippen LogP contribution in [0, 0.1) is 0 Å². The number of benzene rings is 1. The highest BCUT2D eigenvalue weighted by molar-refractivity contribution is 5.89. The van der Waals surface area contributed by atoms with Crippen LogP contribution in [0.4, 0.5) is 10.5 Å². The number of anilines is 1. The maximum atomic E-state index is 11.9. The number of carbonyl (C=O) groups excluding carboxylic acids is 1. The first-order valence-corrected chi connectivity index (χ1v) is 6.55. The van der Waals surface area contributed by atoms with E-state index in [4.69, 9.17) is 0 Å². The molecule has 0 saturated carbocycles. The van der Waals surface area contributed by atoms with Gasteiger partial charge in [0.05, 0.1) is 0 Å². The lowest BCUT2D eigenvalue weighted by atomic mass is 9.87. The van der Waals surface area contributed by atoms with Crippen molar-refractivity contribution in [3.63, 3.8) is 0 Å². The van der Waals surface area contributed by atoms with Crippen LogP contribution in [-0.4, -0.2) is 24.0 Å². The average Bonchev–Trinajstić information content (AvgIpc) is 2.30. The van der Waals surface area contributed by atoms with Crippen molar-refractivity contribution in [3.05, 3.63) is 29.8 Å². The van der Waals surface area contributed by atoms with E-state index in [0.717, 1.165) is 18.8 Å². The number of urea groups is 1.